The zero-order valence-corrected chi connectivity index (χ0v) is 14.1. The predicted octanol–water partition coefficient (Wildman–Crippen LogP) is 2.13. The monoisotopic (exact) mass is 335 g/mol. The number of aryl methyl sites for hydroxylation is 1. The van der Waals surface area contributed by atoms with E-state index in [1.165, 1.54) is 4.90 Å². The highest BCUT2D eigenvalue weighted by atomic mass is 32.2. The smallest absolute Gasteiger partial charge is 0.261 e. The Hall–Kier alpha value is -1.37. The van der Waals surface area contributed by atoms with Crippen LogP contribution in [0.1, 0.15) is 32.7 Å². The van der Waals surface area contributed by atoms with E-state index >= 15 is 0 Å². The first-order valence-corrected chi connectivity index (χ1v) is 9.06. The van der Waals surface area contributed by atoms with Crippen LogP contribution in [0, 0.1) is 6.92 Å². The molecule has 1 aromatic rings. The number of nitrogens with zero attached hydrogens (tertiary/aromatic N) is 1. The summed E-state index contributed by atoms with van der Waals surface area (Å²) in [7, 11) is 0. The van der Waals surface area contributed by atoms with Crippen LogP contribution in [0.5, 0.6) is 0 Å². The molecule has 0 saturated carbocycles. The van der Waals surface area contributed by atoms with Gasteiger partial charge in [-0.1, -0.05) is 11.6 Å². The molecule has 1 unspecified atom stereocenters. The number of imide groups is 1. The Morgan fingerprint density at radius 2 is 2.04 bits per heavy atom. The fourth-order valence-corrected chi connectivity index (χ4v) is 3.35. The SMILES string of the molecule is Cc1ccc2c(c1)C(=O)N(CCSCCCOCC1CO1)C2=O. The number of epoxide rings is 1. The highest BCUT2D eigenvalue weighted by Crippen LogP contribution is 2.24. The molecule has 0 aliphatic carbocycles. The maximum absolute atomic E-state index is 12.3. The summed E-state index contributed by atoms with van der Waals surface area (Å²) in [5, 5.41) is 0. The lowest BCUT2D eigenvalue weighted by Gasteiger charge is -2.13. The van der Waals surface area contributed by atoms with Crippen LogP contribution >= 0.6 is 11.8 Å². The first kappa shape index (κ1) is 16.5. The molecule has 5 nitrogen and oxygen atoms in total. The van der Waals surface area contributed by atoms with Gasteiger partial charge in [-0.25, -0.2) is 0 Å². The van der Waals surface area contributed by atoms with E-state index in [-0.39, 0.29) is 11.8 Å². The number of benzene rings is 1. The zero-order valence-electron chi connectivity index (χ0n) is 13.2. The fourth-order valence-electron chi connectivity index (χ4n) is 2.51. The van der Waals surface area contributed by atoms with Crippen molar-refractivity contribution in [2.45, 2.75) is 19.4 Å². The normalized spacial score (nSPS) is 19.3. The molecule has 1 fully saturated rings. The molecule has 23 heavy (non-hydrogen) atoms. The third-order valence-corrected chi connectivity index (χ3v) is 4.92. The molecule has 2 heterocycles. The molecule has 3 rings (SSSR count). The third kappa shape index (κ3) is 4.13. The number of ether oxygens (including phenoxy) is 2. The molecule has 0 aromatic heterocycles. The lowest BCUT2D eigenvalue weighted by Crippen LogP contribution is -2.31. The number of hydrogen-bond acceptors (Lipinski definition) is 5. The quantitative estimate of drug-likeness (QED) is 0.393. The Balaban J connectivity index is 1.36. The highest BCUT2D eigenvalue weighted by Gasteiger charge is 2.34. The van der Waals surface area contributed by atoms with Crippen LogP contribution < -0.4 is 0 Å². The fraction of sp³-hybridized carbons (Fsp3) is 0.529. The van der Waals surface area contributed by atoms with Crippen LogP contribution in [0.25, 0.3) is 0 Å². The number of carbonyl (C=O) groups excluding carboxylic acids is 2. The molecule has 124 valence electrons. The van der Waals surface area contributed by atoms with Crippen LogP contribution in [-0.4, -0.2) is 60.7 Å². The molecule has 2 aliphatic heterocycles. The van der Waals surface area contributed by atoms with Gasteiger partial charge in [0.15, 0.2) is 0 Å². The van der Waals surface area contributed by atoms with Crippen molar-refractivity contribution in [1.82, 2.24) is 4.90 Å². The lowest BCUT2D eigenvalue weighted by molar-refractivity contribution is 0.0664. The molecular weight excluding hydrogens is 314 g/mol. The molecule has 6 heteroatoms. The van der Waals surface area contributed by atoms with Crippen molar-refractivity contribution >= 4 is 23.6 Å². The Labute approximate surface area is 140 Å². The maximum Gasteiger partial charge on any atom is 0.261 e. The Morgan fingerprint density at radius 1 is 1.26 bits per heavy atom. The van der Waals surface area contributed by atoms with Gasteiger partial charge in [0.25, 0.3) is 11.8 Å². The van der Waals surface area contributed by atoms with Crippen LogP contribution in [0.15, 0.2) is 18.2 Å². The molecule has 0 bridgehead atoms. The van der Waals surface area contributed by atoms with Crippen molar-refractivity contribution in [3.8, 4) is 0 Å². The maximum atomic E-state index is 12.3. The third-order valence-electron chi connectivity index (χ3n) is 3.87. The van der Waals surface area contributed by atoms with Crippen LogP contribution in [0.3, 0.4) is 0 Å². The molecule has 2 aliphatic rings. The number of hydrogen-bond donors (Lipinski definition) is 0. The molecule has 2 amide bonds. The summed E-state index contributed by atoms with van der Waals surface area (Å²) in [6.07, 6.45) is 1.29. The molecular formula is C17H21NO4S. The second-order valence-corrected chi connectivity index (χ2v) is 7.03. The van der Waals surface area contributed by atoms with E-state index < -0.39 is 0 Å². The Kier molecular flexibility index (Phi) is 5.35. The summed E-state index contributed by atoms with van der Waals surface area (Å²) in [4.78, 5) is 25.9. The number of amides is 2. The van der Waals surface area contributed by atoms with Crippen molar-refractivity contribution in [2.75, 3.05) is 37.9 Å². The minimum atomic E-state index is -0.168. The molecule has 0 N–H and O–H groups in total. The van der Waals surface area contributed by atoms with E-state index in [1.807, 2.05) is 13.0 Å². The van der Waals surface area contributed by atoms with Gasteiger partial charge in [-0.05, 0) is 31.2 Å². The highest BCUT2D eigenvalue weighted by molar-refractivity contribution is 7.99. The Bertz CT molecular complexity index is 600. The second-order valence-electron chi connectivity index (χ2n) is 5.81. The number of thioether (sulfide) groups is 1. The van der Waals surface area contributed by atoms with Gasteiger partial charge in [0, 0.05) is 18.9 Å². The predicted molar refractivity (Wildman–Crippen MR) is 89.0 cm³/mol. The summed E-state index contributed by atoms with van der Waals surface area (Å²) in [5.74, 6) is 1.39. The van der Waals surface area contributed by atoms with Gasteiger partial charge in [0.1, 0.15) is 6.10 Å². The van der Waals surface area contributed by atoms with Crippen LogP contribution in [-0.2, 0) is 9.47 Å². The number of fused-ring (bicyclic) bond motifs is 1. The Morgan fingerprint density at radius 3 is 2.83 bits per heavy atom. The largest absolute Gasteiger partial charge is 0.379 e. The van der Waals surface area contributed by atoms with E-state index in [0.29, 0.717) is 30.4 Å². The van der Waals surface area contributed by atoms with Gasteiger partial charge < -0.3 is 9.47 Å². The molecule has 0 radical (unpaired) electrons. The second kappa shape index (κ2) is 7.47. The number of carbonyl (C=O) groups is 2. The molecule has 1 aromatic carbocycles. The average Bonchev–Trinajstić information content (AvgIpc) is 3.33. The average molecular weight is 335 g/mol. The van der Waals surface area contributed by atoms with E-state index in [0.717, 1.165) is 36.7 Å². The van der Waals surface area contributed by atoms with Crippen molar-refractivity contribution in [3.63, 3.8) is 0 Å². The van der Waals surface area contributed by atoms with E-state index in [4.69, 9.17) is 9.47 Å². The topological polar surface area (TPSA) is 59.1 Å². The minimum Gasteiger partial charge on any atom is -0.379 e. The lowest BCUT2D eigenvalue weighted by atomic mass is 10.1. The standard InChI is InChI=1S/C17H21NO4S/c1-12-3-4-14-15(9-12)17(20)18(16(14)19)5-8-23-7-2-6-21-10-13-11-22-13/h3-4,9,13H,2,5-8,10-11H2,1H3. The van der Waals surface area contributed by atoms with Gasteiger partial charge >= 0.3 is 0 Å². The van der Waals surface area contributed by atoms with E-state index in [2.05, 4.69) is 0 Å². The molecule has 1 atom stereocenters. The van der Waals surface area contributed by atoms with Gasteiger partial charge in [0.05, 0.1) is 24.3 Å². The summed E-state index contributed by atoms with van der Waals surface area (Å²) in [6.45, 7) is 4.65. The van der Waals surface area contributed by atoms with Gasteiger partial charge in [0.2, 0.25) is 0 Å². The van der Waals surface area contributed by atoms with Gasteiger partial charge in [-0.2, -0.15) is 11.8 Å². The number of rotatable bonds is 9. The van der Waals surface area contributed by atoms with E-state index in [9.17, 15) is 9.59 Å². The first-order chi connectivity index (χ1) is 11.2. The van der Waals surface area contributed by atoms with E-state index in [1.54, 1.807) is 23.9 Å². The zero-order chi connectivity index (χ0) is 16.2. The van der Waals surface area contributed by atoms with Crippen molar-refractivity contribution in [1.29, 1.82) is 0 Å². The van der Waals surface area contributed by atoms with Crippen LogP contribution in [0.2, 0.25) is 0 Å². The van der Waals surface area contributed by atoms with Crippen LogP contribution in [0.4, 0.5) is 0 Å². The molecule has 1 saturated heterocycles. The summed E-state index contributed by atoms with van der Waals surface area (Å²) < 4.78 is 10.5. The van der Waals surface area contributed by atoms with Gasteiger partial charge in [-0.15, -0.1) is 0 Å². The van der Waals surface area contributed by atoms with Gasteiger partial charge in [-0.3, -0.25) is 14.5 Å². The van der Waals surface area contributed by atoms with Crippen molar-refractivity contribution in [2.24, 2.45) is 0 Å². The summed E-state index contributed by atoms with van der Waals surface area (Å²) >= 11 is 1.74. The summed E-state index contributed by atoms with van der Waals surface area (Å²) in [6, 6.07) is 5.41. The van der Waals surface area contributed by atoms with Crippen molar-refractivity contribution < 1.29 is 19.1 Å². The minimum absolute atomic E-state index is 0.165. The first-order valence-electron chi connectivity index (χ1n) is 7.91. The van der Waals surface area contributed by atoms with Crippen molar-refractivity contribution in [3.05, 3.63) is 34.9 Å². The summed E-state index contributed by atoms with van der Waals surface area (Å²) in [5.41, 5.74) is 2.06. The molecule has 0 spiro atoms.